The summed E-state index contributed by atoms with van der Waals surface area (Å²) >= 11 is 0. The second-order valence-corrected chi connectivity index (χ2v) is 7.13. The Bertz CT molecular complexity index is 780. The van der Waals surface area contributed by atoms with Crippen LogP contribution in [0.15, 0.2) is 48.1 Å². The molecule has 1 N–H and O–H groups in total. The lowest BCUT2D eigenvalue weighted by Gasteiger charge is -2.18. The molecule has 5 nitrogen and oxygen atoms in total. The second-order valence-electron chi connectivity index (χ2n) is 7.13. The summed E-state index contributed by atoms with van der Waals surface area (Å²) in [6, 6.07) is 8.21. The average Bonchev–Trinajstić information content (AvgIpc) is 2.78. The zero-order chi connectivity index (χ0) is 23.6. The highest BCUT2D eigenvalue weighted by Crippen LogP contribution is 2.20. The van der Waals surface area contributed by atoms with E-state index < -0.39 is 0 Å². The van der Waals surface area contributed by atoms with E-state index in [4.69, 9.17) is 9.97 Å². The highest BCUT2D eigenvalue weighted by Gasteiger charge is 2.10. The van der Waals surface area contributed by atoms with E-state index in [0.717, 1.165) is 48.6 Å². The number of nitrogens with one attached hydrogen (secondary N) is 1. The van der Waals surface area contributed by atoms with E-state index >= 15 is 0 Å². The molecule has 0 fully saturated rings. The van der Waals surface area contributed by atoms with Crippen LogP contribution in [0.25, 0.3) is 10.9 Å². The molecule has 0 atom stereocenters. The third-order valence-corrected chi connectivity index (χ3v) is 4.34. The van der Waals surface area contributed by atoms with Crippen LogP contribution < -0.4 is 5.32 Å². The lowest BCUT2D eigenvalue weighted by atomic mass is 10.2. The normalized spacial score (nSPS) is 11.4. The summed E-state index contributed by atoms with van der Waals surface area (Å²) < 4.78 is 0. The van der Waals surface area contributed by atoms with Crippen LogP contribution in [0.5, 0.6) is 0 Å². The number of benzene rings is 1. The van der Waals surface area contributed by atoms with Gasteiger partial charge in [-0.15, -0.1) is 0 Å². The molecule has 0 aliphatic heterocycles. The average molecular weight is 428 g/mol. The van der Waals surface area contributed by atoms with Gasteiger partial charge in [-0.2, -0.15) is 0 Å². The molecule has 0 saturated heterocycles. The Labute approximate surface area is 191 Å². The minimum absolute atomic E-state index is 0.714. The van der Waals surface area contributed by atoms with Crippen molar-refractivity contribution in [1.29, 1.82) is 0 Å². The minimum Gasteiger partial charge on any atom is -0.369 e. The number of aromatic nitrogens is 2. The Morgan fingerprint density at radius 2 is 1.68 bits per heavy atom. The smallest absolute Gasteiger partial charge is 0.145 e. The SMILES string of the molecule is C/C=C\C(=C/C)CN(C)Cc1nc(NCCCN(C)C)c2ccccc2n1.CC.CC. The monoisotopic (exact) mass is 427 g/mol. The molecule has 0 saturated carbocycles. The van der Waals surface area contributed by atoms with Crippen molar-refractivity contribution >= 4 is 16.7 Å². The van der Waals surface area contributed by atoms with Gasteiger partial charge in [0.1, 0.15) is 11.6 Å². The second kappa shape index (κ2) is 17.4. The Hall–Kier alpha value is -2.24. The van der Waals surface area contributed by atoms with Crippen molar-refractivity contribution in [2.45, 2.75) is 54.5 Å². The third kappa shape index (κ3) is 11.1. The summed E-state index contributed by atoms with van der Waals surface area (Å²) in [6.45, 7) is 15.7. The lowest BCUT2D eigenvalue weighted by Crippen LogP contribution is -2.22. The summed E-state index contributed by atoms with van der Waals surface area (Å²) in [6.07, 6.45) is 7.45. The number of likely N-dealkylation sites (N-methyl/N-ethyl adjacent to an activating group) is 1. The highest BCUT2D eigenvalue weighted by atomic mass is 15.1. The summed E-state index contributed by atoms with van der Waals surface area (Å²) in [4.78, 5) is 14.0. The van der Waals surface area contributed by atoms with Crippen molar-refractivity contribution in [3.05, 3.63) is 53.9 Å². The predicted octanol–water partition coefficient (Wildman–Crippen LogP) is 6.00. The van der Waals surface area contributed by atoms with Gasteiger partial charge in [0.15, 0.2) is 0 Å². The first kappa shape index (κ1) is 28.8. The number of para-hydroxylation sites is 1. The number of nitrogens with zero attached hydrogens (tertiary/aromatic N) is 4. The van der Waals surface area contributed by atoms with Gasteiger partial charge in [-0.25, -0.2) is 9.97 Å². The number of allylic oxidation sites excluding steroid dienone is 2. The van der Waals surface area contributed by atoms with Gasteiger partial charge in [-0.1, -0.05) is 58.1 Å². The van der Waals surface area contributed by atoms with Gasteiger partial charge < -0.3 is 10.2 Å². The molecule has 1 heterocycles. The molecule has 0 aliphatic rings. The molecule has 0 bridgehead atoms. The van der Waals surface area contributed by atoms with Gasteiger partial charge in [-0.3, -0.25) is 4.90 Å². The van der Waals surface area contributed by atoms with Crippen LogP contribution in [0.4, 0.5) is 5.82 Å². The Balaban J connectivity index is 0.00000212. The van der Waals surface area contributed by atoms with Crippen molar-refractivity contribution in [2.75, 3.05) is 46.1 Å². The van der Waals surface area contributed by atoms with Gasteiger partial charge in [0.05, 0.1) is 12.1 Å². The van der Waals surface area contributed by atoms with Gasteiger partial charge in [-0.05, 0) is 65.7 Å². The molecule has 1 aromatic heterocycles. The maximum atomic E-state index is 4.82. The van der Waals surface area contributed by atoms with E-state index in [1.807, 2.05) is 46.8 Å². The molecule has 1 aromatic carbocycles. The number of hydrogen-bond acceptors (Lipinski definition) is 5. The summed E-state index contributed by atoms with van der Waals surface area (Å²) in [5.74, 6) is 1.78. The largest absolute Gasteiger partial charge is 0.369 e. The van der Waals surface area contributed by atoms with Crippen LogP contribution >= 0.6 is 0 Å². The zero-order valence-corrected chi connectivity index (χ0v) is 21.4. The Morgan fingerprint density at radius 3 is 2.29 bits per heavy atom. The van der Waals surface area contributed by atoms with Gasteiger partial charge >= 0.3 is 0 Å². The summed E-state index contributed by atoms with van der Waals surface area (Å²) in [5, 5.41) is 4.59. The molecule has 31 heavy (non-hydrogen) atoms. The number of hydrogen-bond donors (Lipinski definition) is 1. The zero-order valence-electron chi connectivity index (χ0n) is 21.4. The van der Waals surface area contributed by atoms with Crippen LogP contribution in [0.1, 0.15) is 53.8 Å². The molecular formula is C26H45N5. The maximum absolute atomic E-state index is 4.82. The molecule has 0 radical (unpaired) electrons. The quantitative estimate of drug-likeness (QED) is 0.372. The fourth-order valence-electron chi connectivity index (χ4n) is 3.00. The highest BCUT2D eigenvalue weighted by molar-refractivity contribution is 5.88. The fourth-order valence-corrected chi connectivity index (χ4v) is 3.00. The Morgan fingerprint density at radius 1 is 1.00 bits per heavy atom. The lowest BCUT2D eigenvalue weighted by molar-refractivity contribution is 0.348. The van der Waals surface area contributed by atoms with Crippen LogP contribution in [-0.4, -0.2) is 60.5 Å². The van der Waals surface area contributed by atoms with Crippen LogP contribution in [0.3, 0.4) is 0 Å². The molecule has 0 unspecified atom stereocenters. The van der Waals surface area contributed by atoms with Crippen molar-refractivity contribution in [3.8, 4) is 0 Å². The van der Waals surface area contributed by atoms with E-state index in [9.17, 15) is 0 Å². The first-order valence-corrected chi connectivity index (χ1v) is 11.6. The minimum atomic E-state index is 0.714. The first-order valence-electron chi connectivity index (χ1n) is 11.6. The summed E-state index contributed by atoms with van der Waals surface area (Å²) in [7, 11) is 6.30. The molecule has 0 spiro atoms. The molecule has 5 heteroatoms. The van der Waals surface area contributed by atoms with Gasteiger partial charge in [0, 0.05) is 18.5 Å². The first-order chi connectivity index (χ1) is 15.0. The predicted molar refractivity (Wildman–Crippen MR) is 139 cm³/mol. The van der Waals surface area contributed by atoms with Crippen molar-refractivity contribution in [3.63, 3.8) is 0 Å². The molecular weight excluding hydrogens is 382 g/mol. The molecule has 0 amide bonds. The molecule has 2 rings (SSSR count). The number of rotatable bonds is 10. The van der Waals surface area contributed by atoms with Crippen molar-refractivity contribution in [1.82, 2.24) is 19.8 Å². The molecule has 0 aliphatic carbocycles. The van der Waals surface area contributed by atoms with Gasteiger partial charge in [0.25, 0.3) is 0 Å². The number of fused-ring (bicyclic) bond motifs is 1. The third-order valence-electron chi connectivity index (χ3n) is 4.34. The van der Waals surface area contributed by atoms with Crippen LogP contribution in [0, 0.1) is 0 Å². The van der Waals surface area contributed by atoms with E-state index in [1.165, 1.54) is 5.57 Å². The van der Waals surface area contributed by atoms with Crippen LogP contribution in [-0.2, 0) is 6.54 Å². The topological polar surface area (TPSA) is 44.3 Å². The fraction of sp³-hybridized carbons (Fsp3) is 0.538. The van der Waals surface area contributed by atoms with E-state index in [2.05, 4.69) is 73.5 Å². The van der Waals surface area contributed by atoms with E-state index in [-0.39, 0.29) is 0 Å². The van der Waals surface area contributed by atoms with Crippen molar-refractivity contribution in [2.24, 2.45) is 0 Å². The summed E-state index contributed by atoms with van der Waals surface area (Å²) in [5.41, 5.74) is 2.29. The van der Waals surface area contributed by atoms with Crippen LogP contribution in [0.2, 0.25) is 0 Å². The molecule has 2 aromatic rings. The van der Waals surface area contributed by atoms with E-state index in [0.29, 0.717) is 6.54 Å². The van der Waals surface area contributed by atoms with E-state index in [1.54, 1.807) is 0 Å². The van der Waals surface area contributed by atoms with Gasteiger partial charge in [0.2, 0.25) is 0 Å². The molecule has 174 valence electrons. The standard InChI is InChI=1S/C22H33N5.2C2H6/c1-6-11-18(7-2)16-27(5)17-21-24-20-13-9-8-12-19(20)22(25-21)23-14-10-15-26(3)4;2*1-2/h6-9,11-13H,10,14-17H2,1-5H3,(H,23,24,25);2*1-2H3/b11-6-,18-7+;;. The van der Waals surface area contributed by atoms with Crippen molar-refractivity contribution < 1.29 is 0 Å². The maximum Gasteiger partial charge on any atom is 0.145 e. The Kier molecular flexibility index (Phi) is 16.2. The number of anilines is 1.